The minimum atomic E-state index is -0.619. The summed E-state index contributed by atoms with van der Waals surface area (Å²) in [4.78, 5) is 23.2. The number of amidine groups is 1. The average molecular weight is 420 g/mol. The first-order chi connectivity index (χ1) is 14.6. The van der Waals surface area contributed by atoms with Crippen LogP contribution in [0.15, 0.2) is 69.7 Å². The van der Waals surface area contributed by atoms with E-state index >= 15 is 0 Å². The Balaban J connectivity index is 1.63. The molecule has 0 radical (unpaired) electrons. The molecule has 8 nitrogen and oxygen atoms in total. The SMILES string of the molecule is COC(=O)/C=C1/S/C(=N\N=Cc2cccc(OCc3ccccc3C#N)c2)NC1=O. The summed E-state index contributed by atoms with van der Waals surface area (Å²) in [5, 5.41) is 19.8. The second-order valence-corrected chi connectivity index (χ2v) is 6.90. The zero-order valence-corrected chi connectivity index (χ0v) is 16.7. The van der Waals surface area contributed by atoms with E-state index in [9.17, 15) is 9.59 Å². The van der Waals surface area contributed by atoms with Crippen LogP contribution in [0.5, 0.6) is 5.75 Å². The Morgan fingerprint density at radius 1 is 1.27 bits per heavy atom. The minimum absolute atomic E-state index is 0.184. The normalized spacial score (nSPS) is 15.9. The van der Waals surface area contributed by atoms with Crippen LogP contribution in [0, 0.1) is 11.3 Å². The number of hydrogen-bond donors (Lipinski definition) is 1. The number of carbonyl (C=O) groups is 2. The number of nitriles is 1. The van der Waals surface area contributed by atoms with Gasteiger partial charge in [-0.15, -0.1) is 5.10 Å². The van der Waals surface area contributed by atoms with E-state index < -0.39 is 11.9 Å². The first-order valence-electron chi connectivity index (χ1n) is 8.70. The maximum absolute atomic E-state index is 11.8. The summed E-state index contributed by atoms with van der Waals surface area (Å²) in [6.07, 6.45) is 2.61. The Labute approximate surface area is 176 Å². The zero-order chi connectivity index (χ0) is 21.3. The third kappa shape index (κ3) is 5.56. The van der Waals surface area contributed by atoms with E-state index in [1.807, 2.05) is 24.3 Å². The van der Waals surface area contributed by atoms with E-state index in [0.717, 1.165) is 29.0 Å². The number of rotatable bonds is 6. The molecule has 150 valence electrons. The van der Waals surface area contributed by atoms with Crippen LogP contribution in [0.25, 0.3) is 0 Å². The summed E-state index contributed by atoms with van der Waals surface area (Å²) in [5.74, 6) is -0.440. The molecule has 1 heterocycles. The Morgan fingerprint density at radius 3 is 2.90 bits per heavy atom. The van der Waals surface area contributed by atoms with Crippen molar-refractivity contribution in [2.24, 2.45) is 10.2 Å². The number of ether oxygens (including phenoxy) is 2. The lowest BCUT2D eigenvalue weighted by molar-refractivity contribution is -0.135. The van der Waals surface area contributed by atoms with Crippen molar-refractivity contribution in [3.05, 3.63) is 76.2 Å². The number of esters is 1. The van der Waals surface area contributed by atoms with Crippen LogP contribution >= 0.6 is 11.8 Å². The first kappa shape index (κ1) is 20.8. The first-order valence-corrected chi connectivity index (χ1v) is 9.51. The van der Waals surface area contributed by atoms with Gasteiger partial charge in [0.15, 0.2) is 5.17 Å². The Morgan fingerprint density at radius 2 is 2.10 bits per heavy atom. The third-order valence-corrected chi connectivity index (χ3v) is 4.75. The van der Waals surface area contributed by atoms with E-state index in [1.54, 1.807) is 24.3 Å². The summed E-state index contributed by atoms with van der Waals surface area (Å²) in [6.45, 7) is 0.268. The summed E-state index contributed by atoms with van der Waals surface area (Å²) in [5.41, 5.74) is 2.11. The van der Waals surface area contributed by atoms with Crippen LogP contribution in [0.1, 0.15) is 16.7 Å². The topological polar surface area (TPSA) is 113 Å². The van der Waals surface area contributed by atoms with Crippen molar-refractivity contribution in [1.82, 2.24) is 5.32 Å². The van der Waals surface area contributed by atoms with E-state index in [0.29, 0.717) is 11.3 Å². The van der Waals surface area contributed by atoms with Gasteiger partial charge in [0.2, 0.25) is 0 Å². The standard InChI is InChI=1S/C21H16N4O4S/c1-28-19(26)10-18-20(27)24-21(30-18)25-23-12-14-5-4-8-17(9-14)29-13-16-7-3-2-6-15(16)11-22/h2-10,12H,13H2,1H3,(H,24,25,27)/b18-10+,23-12?. The molecule has 0 saturated carbocycles. The van der Waals surface area contributed by atoms with Crippen LogP contribution in [-0.2, 0) is 20.9 Å². The lowest BCUT2D eigenvalue weighted by atomic mass is 10.1. The van der Waals surface area contributed by atoms with Crippen molar-refractivity contribution in [3.63, 3.8) is 0 Å². The number of nitrogens with zero attached hydrogens (tertiary/aromatic N) is 3. The van der Waals surface area contributed by atoms with Gasteiger partial charge < -0.3 is 9.47 Å². The largest absolute Gasteiger partial charge is 0.489 e. The molecule has 9 heteroatoms. The Hall–Kier alpha value is -3.90. The van der Waals surface area contributed by atoms with Crippen molar-refractivity contribution < 1.29 is 19.1 Å². The quantitative estimate of drug-likeness (QED) is 0.333. The zero-order valence-electron chi connectivity index (χ0n) is 15.9. The molecule has 1 fully saturated rings. The molecule has 0 bridgehead atoms. The Bertz CT molecular complexity index is 1100. The molecular weight excluding hydrogens is 404 g/mol. The number of nitrogens with one attached hydrogen (secondary N) is 1. The molecule has 0 atom stereocenters. The summed E-state index contributed by atoms with van der Waals surface area (Å²) >= 11 is 0.995. The van der Waals surface area contributed by atoms with Crippen LogP contribution in [-0.4, -0.2) is 30.4 Å². The van der Waals surface area contributed by atoms with Crippen LogP contribution in [0.2, 0.25) is 0 Å². The van der Waals surface area contributed by atoms with E-state index in [4.69, 9.17) is 10.00 Å². The number of thioether (sulfide) groups is 1. The predicted octanol–water partition coefficient (Wildman–Crippen LogP) is 2.75. The molecule has 0 unspecified atom stereocenters. The van der Waals surface area contributed by atoms with E-state index in [1.165, 1.54) is 13.3 Å². The molecule has 0 spiro atoms. The molecule has 2 aromatic rings. The average Bonchev–Trinajstić information content (AvgIpc) is 3.11. The van der Waals surface area contributed by atoms with Gasteiger partial charge in [0.05, 0.1) is 29.9 Å². The van der Waals surface area contributed by atoms with Gasteiger partial charge in [-0.2, -0.15) is 10.4 Å². The van der Waals surface area contributed by atoms with Gasteiger partial charge in [-0.25, -0.2) is 4.79 Å². The molecule has 0 aliphatic carbocycles. The molecule has 1 aliphatic heterocycles. The third-order valence-electron chi connectivity index (χ3n) is 3.85. The molecule has 0 aromatic heterocycles. The highest BCUT2D eigenvalue weighted by molar-refractivity contribution is 8.18. The molecule has 30 heavy (non-hydrogen) atoms. The number of amides is 1. The Kier molecular flexibility index (Phi) is 6.97. The van der Waals surface area contributed by atoms with Crippen molar-refractivity contribution in [1.29, 1.82) is 5.26 Å². The second kappa shape index (κ2) is 10.0. The van der Waals surface area contributed by atoms with E-state index in [2.05, 4.69) is 26.3 Å². The van der Waals surface area contributed by atoms with Gasteiger partial charge in [0.25, 0.3) is 5.91 Å². The van der Waals surface area contributed by atoms with Gasteiger partial charge in [-0.3, -0.25) is 10.1 Å². The lowest BCUT2D eigenvalue weighted by Crippen LogP contribution is -2.19. The fraction of sp³-hybridized carbons (Fsp3) is 0.0952. The second-order valence-electron chi connectivity index (χ2n) is 5.87. The highest BCUT2D eigenvalue weighted by atomic mass is 32.2. The van der Waals surface area contributed by atoms with Gasteiger partial charge in [0.1, 0.15) is 12.4 Å². The van der Waals surface area contributed by atoms with Crippen molar-refractivity contribution in [2.45, 2.75) is 6.61 Å². The lowest BCUT2D eigenvalue weighted by Gasteiger charge is -2.08. The fourth-order valence-corrected chi connectivity index (χ4v) is 3.13. The predicted molar refractivity (Wildman–Crippen MR) is 113 cm³/mol. The van der Waals surface area contributed by atoms with Crippen LogP contribution < -0.4 is 10.1 Å². The fourth-order valence-electron chi connectivity index (χ4n) is 2.39. The summed E-state index contributed by atoms with van der Waals surface area (Å²) < 4.78 is 10.3. The molecular formula is C21H16N4O4S. The number of benzene rings is 2. The number of methoxy groups -OCH3 is 1. The molecule has 2 aromatic carbocycles. The summed E-state index contributed by atoms with van der Waals surface area (Å²) in [7, 11) is 1.23. The number of hydrogen-bond acceptors (Lipinski definition) is 8. The molecule has 1 N–H and O–H groups in total. The van der Waals surface area contributed by atoms with Gasteiger partial charge in [-0.1, -0.05) is 30.3 Å². The molecule has 3 rings (SSSR count). The number of carbonyl (C=O) groups excluding carboxylic acids is 2. The maximum atomic E-state index is 11.8. The smallest absolute Gasteiger partial charge is 0.331 e. The highest BCUT2D eigenvalue weighted by Crippen LogP contribution is 2.23. The maximum Gasteiger partial charge on any atom is 0.331 e. The highest BCUT2D eigenvalue weighted by Gasteiger charge is 2.24. The molecule has 1 aliphatic rings. The van der Waals surface area contributed by atoms with Crippen molar-refractivity contribution in [2.75, 3.05) is 7.11 Å². The summed E-state index contributed by atoms with van der Waals surface area (Å²) in [6, 6.07) is 16.6. The van der Waals surface area contributed by atoms with Crippen LogP contribution in [0.3, 0.4) is 0 Å². The monoisotopic (exact) mass is 420 g/mol. The van der Waals surface area contributed by atoms with Gasteiger partial charge in [0, 0.05) is 11.6 Å². The van der Waals surface area contributed by atoms with E-state index in [-0.39, 0.29) is 16.7 Å². The molecule has 1 amide bonds. The van der Waals surface area contributed by atoms with Crippen molar-refractivity contribution in [3.8, 4) is 11.8 Å². The van der Waals surface area contributed by atoms with Crippen LogP contribution in [0.4, 0.5) is 0 Å². The van der Waals surface area contributed by atoms with Gasteiger partial charge in [-0.05, 0) is 35.5 Å². The molecule has 1 saturated heterocycles. The van der Waals surface area contributed by atoms with Gasteiger partial charge >= 0.3 is 5.97 Å². The minimum Gasteiger partial charge on any atom is -0.489 e. The van der Waals surface area contributed by atoms with Crippen molar-refractivity contribution >= 4 is 35.0 Å².